The summed E-state index contributed by atoms with van der Waals surface area (Å²) < 4.78 is 50.3. The summed E-state index contributed by atoms with van der Waals surface area (Å²) in [5.74, 6) is -2.76. The van der Waals surface area contributed by atoms with E-state index in [1.807, 2.05) is 5.32 Å². The number of rotatable bonds is 12. The highest BCUT2D eigenvalue weighted by atomic mass is 35.6. The number of fused-ring (bicyclic) bond motifs is 1. The molecule has 2 heterocycles. The number of hydrazine groups is 1. The van der Waals surface area contributed by atoms with Crippen molar-refractivity contribution in [3.8, 4) is 0 Å². The summed E-state index contributed by atoms with van der Waals surface area (Å²) in [7, 11) is 0. The van der Waals surface area contributed by atoms with E-state index in [1.54, 1.807) is 58.0 Å². The van der Waals surface area contributed by atoms with Gasteiger partial charge in [-0.25, -0.2) is 10.2 Å². The Balaban J connectivity index is 1.69. The van der Waals surface area contributed by atoms with Crippen molar-refractivity contribution < 1.29 is 46.6 Å². The number of hydrogen-bond donors (Lipinski definition) is 4. The van der Waals surface area contributed by atoms with Crippen LogP contribution in [0.2, 0.25) is 0 Å². The molecule has 0 bridgehead atoms. The summed E-state index contributed by atoms with van der Waals surface area (Å²) in [5, 5.41) is 9.01. The van der Waals surface area contributed by atoms with Gasteiger partial charge in [-0.05, 0) is 78.0 Å². The van der Waals surface area contributed by atoms with Crippen LogP contribution in [0.4, 0.5) is 18.0 Å². The van der Waals surface area contributed by atoms with Gasteiger partial charge in [-0.3, -0.25) is 29.2 Å². The number of nitrogens with zero attached hydrogens (tertiary/aromatic N) is 2. The molecule has 1 aliphatic heterocycles. The minimum atomic E-state index is -4.87. The van der Waals surface area contributed by atoms with Gasteiger partial charge in [0, 0.05) is 11.9 Å². The van der Waals surface area contributed by atoms with E-state index in [0.29, 0.717) is 23.8 Å². The summed E-state index contributed by atoms with van der Waals surface area (Å²) in [6, 6.07) is 2.14. The van der Waals surface area contributed by atoms with E-state index in [1.165, 1.54) is 44.8 Å². The van der Waals surface area contributed by atoms with Crippen molar-refractivity contribution in [2.45, 2.75) is 108 Å². The second kappa shape index (κ2) is 18.6. The SMILES string of the molecule is CC(NC(=O)C(NC(=O)C(C)(C)C=Cc1ccc2ccc(C(NC(=O)OC(C)(C)C)C(F)(F)F)nc2c1)C(C)C)C(=O)N1CCCC(C(=O)OCC(Cl)(Cl)Cl)N1. The molecule has 0 saturated carbocycles. The first-order chi connectivity index (χ1) is 25.7. The number of esters is 1. The van der Waals surface area contributed by atoms with Crippen molar-refractivity contribution >= 4 is 81.6 Å². The van der Waals surface area contributed by atoms with Crippen LogP contribution in [0, 0.1) is 11.3 Å². The first-order valence-corrected chi connectivity index (χ1v) is 18.9. The Morgan fingerprint density at radius 3 is 2.21 bits per heavy atom. The maximum absolute atomic E-state index is 14.0. The van der Waals surface area contributed by atoms with E-state index in [-0.39, 0.29) is 12.1 Å². The largest absolute Gasteiger partial charge is 0.460 e. The number of hydrogen-bond acceptors (Lipinski definition) is 9. The molecule has 4 atom stereocenters. The highest BCUT2D eigenvalue weighted by Crippen LogP contribution is 2.33. The van der Waals surface area contributed by atoms with Crippen LogP contribution in [-0.2, 0) is 28.7 Å². The number of ether oxygens (including phenoxy) is 2. The normalized spacial score (nSPS) is 17.3. The number of benzene rings is 1. The third kappa shape index (κ3) is 14.0. The van der Waals surface area contributed by atoms with Gasteiger partial charge in [-0.1, -0.05) is 79.0 Å². The second-order valence-corrected chi connectivity index (χ2v) is 17.8. The summed E-state index contributed by atoms with van der Waals surface area (Å²) in [6.07, 6.45) is -2.11. The molecule has 2 aromatic rings. The number of pyridine rings is 1. The van der Waals surface area contributed by atoms with E-state index < -0.39 is 93.2 Å². The minimum Gasteiger partial charge on any atom is -0.460 e. The molecule has 0 radical (unpaired) electrons. The van der Waals surface area contributed by atoms with Gasteiger partial charge in [-0.2, -0.15) is 13.2 Å². The third-order valence-corrected chi connectivity index (χ3v) is 8.71. The van der Waals surface area contributed by atoms with Gasteiger partial charge in [0.15, 0.2) is 6.04 Å². The molecule has 0 spiro atoms. The standard InChI is InChI=1S/C37H48Cl3F3N6O7/c1-20(2)27(29(50)44-21(3)30(51)49-17-9-10-25(48-49)31(52)55-19-36(38,39)40)46-32(53)35(7,8)16-15-22-11-12-23-13-14-24(45-26(23)18-22)28(37(41,42)43)47-33(54)56-34(4,5)6/h11-16,18,20-21,25,27-28,48H,9-10,17,19H2,1-8H3,(H,44,50)(H,46,53)(H,47,54). The van der Waals surface area contributed by atoms with E-state index in [0.717, 1.165) is 0 Å². The number of amides is 4. The van der Waals surface area contributed by atoms with Gasteiger partial charge in [0.2, 0.25) is 15.6 Å². The molecule has 19 heteroatoms. The van der Waals surface area contributed by atoms with E-state index in [2.05, 4.69) is 21.0 Å². The number of carbonyl (C=O) groups is 5. The number of alkyl halides is 6. The fourth-order valence-corrected chi connectivity index (χ4v) is 5.54. The Morgan fingerprint density at radius 1 is 0.982 bits per heavy atom. The van der Waals surface area contributed by atoms with Crippen LogP contribution < -0.4 is 21.4 Å². The first kappa shape index (κ1) is 46.5. The van der Waals surface area contributed by atoms with Crippen LogP contribution in [-0.4, -0.2) is 86.6 Å². The van der Waals surface area contributed by atoms with Gasteiger partial charge < -0.3 is 25.4 Å². The average molecular weight is 852 g/mol. The molecule has 4 amide bonds. The molecule has 4 N–H and O–H groups in total. The average Bonchev–Trinajstić information content (AvgIpc) is 3.08. The number of aromatic nitrogens is 1. The molecule has 1 aromatic heterocycles. The lowest BCUT2D eigenvalue weighted by Crippen LogP contribution is -2.61. The molecule has 3 rings (SSSR count). The summed E-state index contributed by atoms with van der Waals surface area (Å²) in [4.78, 5) is 69.0. The zero-order chi connectivity index (χ0) is 42.4. The highest BCUT2D eigenvalue weighted by Gasteiger charge is 2.44. The first-order valence-electron chi connectivity index (χ1n) is 17.8. The topological polar surface area (TPSA) is 168 Å². The van der Waals surface area contributed by atoms with Crippen molar-refractivity contribution in [1.29, 1.82) is 0 Å². The van der Waals surface area contributed by atoms with Crippen LogP contribution in [0.15, 0.2) is 36.4 Å². The Morgan fingerprint density at radius 2 is 1.62 bits per heavy atom. The molecular formula is C37H48Cl3F3N6O7. The Labute approximate surface area is 338 Å². The van der Waals surface area contributed by atoms with Gasteiger partial charge in [0.25, 0.3) is 5.91 Å². The number of carbonyl (C=O) groups excluding carboxylic acids is 5. The van der Waals surface area contributed by atoms with Gasteiger partial charge >= 0.3 is 18.2 Å². The van der Waals surface area contributed by atoms with E-state index in [9.17, 15) is 37.1 Å². The van der Waals surface area contributed by atoms with Crippen molar-refractivity contribution in [1.82, 2.24) is 31.4 Å². The molecule has 4 unspecified atom stereocenters. The quantitative estimate of drug-likeness (QED) is 0.139. The Hall–Kier alpha value is -3.86. The molecule has 56 heavy (non-hydrogen) atoms. The maximum Gasteiger partial charge on any atom is 0.414 e. The van der Waals surface area contributed by atoms with Crippen molar-refractivity contribution in [2.24, 2.45) is 11.3 Å². The van der Waals surface area contributed by atoms with Crippen LogP contribution in [0.25, 0.3) is 17.0 Å². The molecule has 1 aromatic carbocycles. The zero-order valence-electron chi connectivity index (χ0n) is 32.3. The summed E-state index contributed by atoms with van der Waals surface area (Å²) in [6.45, 7) is 12.5. The second-order valence-electron chi connectivity index (χ2n) is 15.3. The molecular weight excluding hydrogens is 804 g/mol. The summed E-state index contributed by atoms with van der Waals surface area (Å²) in [5.41, 5.74) is 0.877. The van der Waals surface area contributed by atoms with Crippen LogP contribution >= 0.6 is 34.8 Å². The molecule has 1 saturated heterocycles. The Bertz CT molecular complexity index is 1800. The van der Waals surface area contributed by atoms with Crippen LogP contribution in [0.1, 0.15) is 85.5 Å². The molecule has 13 nitrogen and oxygen atoms in total. The monoisotopic (exact) mass is 850 g/mol. The molecule has 0 aliphatic carbocycles. The highest BCUT2D eigenvalue weighted by molar-refractivity contribution is 6.67. The van der Waals surface area contributed by atoms with Gasteiger partial charge in [0.1, 0.15) is 30.3 Å². The van der Waals surface area contributed by atoms with E-state index in [4.69, 9.17) is 44.3 Å². The number of alkyl carbamates (subject to hydrolysis) is 1. The zero-order valence-corrected chi connectivity index (χ0v) is 34.5. The van der Waals surface area contributed by atoms with Crippen molar-refractivity contribution in [2.75, 3.05) is 13.2 Å². The third-order valence-electron chi connectivity index (χ3n) is 8.38. The fourth-order valence-electron chi connectivity index (χ4n) is 5.37. The van der Waals surface area contributed by atoms with Crippen molar-refractivity contribution in [3.05, 3.63) is 47.7 Å². The lowest BCUT2D eigenvalue weighted by molar-refractivity contribution is -0.157. The lowest BCUT2D eigenvalue weighted by atomic mass is 9.89. The minimum absolute atomic E-state index is 0.211. The molecule has 1 fully saturated rings. The lowest BCUT2D eigenvalue weighted by Gasteiger charge is -2.35. The van der Waals surface area contributed by atoms with Gasteiger partial charge in [0.05, 0.1) is 16.6 Å². The van der Waals surface area contributed by atoms with Crippen LogP contribution in [0.3, 0.4) is 0 Å². The van der Waals surface area contributed by atoms with Gasteiger partial charge in [-0.15, -0.1) is 0 Å². The summed E-state index contributed by atoms with van der Waals surface area (Å²) >= 11 is 17.0. The molecule has 1 aliphatic rings. The van der Waals surface area contributed by atoms with Crippen LogP contribution in [0.5, 0.6) is 0 Å². The fraction of sp³-hybridized carbons (Fsp3) is 0.568. The van der Waals surface area contributed by atoms with Crippen molar-refractivity contribution in [3.63, 3.8) is 0 Å². The predicted molar refractivity (Wildman–Crippen MR) is 206 cm³/mol. The van der Waals surface area contributed by atoms with E-state index >= 15 is 0 Å². The predicted octanol–water partition coefficient (Wildman–Crippen LogP) is 6.46. The number of halogens is 6. The smallest absolute Gasteiger partial charge is 0.414 e. The number of nitrogens with one attached hydrogen (secondary N) is 4. The maximum atomic E-state index is 14.0. The molecule has 310 valence electrons. The Kier molecular flexibility index (Phi) is 15.5.